The number of rotatable bonds is 6. The Bertz CT molecular complexity index is 1640. The van der Waals surface area contributed by atoms with Crippen molar-refractivity contribution < 1.29 is 9.59 Å². The number of nitrogens with one attached hydrogen (secondary N) is 1. The van der Waals surface area contributed by atoms with Crippen LogP contribution < -0.4 is 16.6 Å². The van der Waals surface area contributed by atoms with Crippen molar-refractivity contribution in [1.29, 1.82) is 0 Å². The van der Waals surface area contributed by atoms with Gasteiger partial charge in [0.15, 0.2) is 5.78 Å². The first kappa shape index (κ1) is 25.1. The van der Waals surface area contributed by atoms with Gasteiger partial charge in [0.05, 0.1) is 10.9 Å². The maximum absolute atomic E-state index is 13.7. The Morgan fingerprint density at radius 2 is 1.56 bits per heavy atom. The SMILES string of the molecule is Cc1ccc(C(=O)C(C)n2nc3n(C(C)C)c(=O)c4ccc(C(=O)NC(C)C)cc4n3c2=O)cc1C. The number of Topliss-reactive ketones (excluding diaryl/α,β-unsaturated/α-hetero) is 1. The second kappa shape index (κ2) is 9.22. The predicted molar refractivity (Wildman–Crippen MR) is 139 cm³/mol. The third-order valence-electron chi connectivity index (χ3n) is 6.42. The third-order valence-corrected chi connectivity index (χ3v) is 6.42. The molecule has 4 aromatic rings. The number of aryl methyl sites for hydroxylation is 2. The maximum atomic E-state index is 13.7. The molecular weight excluding hydrogens is 458 g/mol. The molecule has 0 saturated carbocycles. The Balaban J connectivity index is 1.97. The van der Waals surface area contributed by atoms with Crippen LogP contribution in [0.3, 0.4) is 0 Å². The quantitative estimate of drug-likeness (QED) is 0.417. The van der Waals surface area contributed by atoms with Gasteiger partial charge in [-0.15, -0.1) is 5.10 Å². The summed E-state index contributed by atoms with van der Waals surface area (Å²) >= 11 is 0. The van der Waals surface area contributed by atoms with Crippen molar-refractivity contribution in [2.75, 3.05) is 0 Å². The molecule has 0 spiro atoms. The minimum absolute atomic E-state index is 0.0788. The van der Waals surface area contributed by atoms with Gasteiger partial charge in [-0.1, -0.05) is 12.1 Å². The Morgan fingerprint density at radius 3 is 2.17 bits per heavy atom. The average Bonchev–Trinajstić information content (AvgIpc) is 3.15. The molecule has 9 heteroatoms. The van der Waals surface area contributed by atoms with Crippen LogP contribution in [-0.4, -0.2) is 36.5 Å². The van der Waals surface area contributed by atoms with Gasteiger partial charge >= 0.3 is 5.69 Å². The van der Waals surface area contributed by atoms with E-state index in [1.165, 1.54) is 15.0 Å². The van der Waals surface area contributed by atoms with Gasteiger partial charge in [0.25, 0.3) is 11.5 Å². The Hall–Kier alpha value is -4.01. The third kappa shape index (κ3) is 4.14. The summed E-state index contributed by atoms with van der Waals surface area (Å²) in [5.74, 6) is -0.455. The van der Waals surface area contributed by atoms with Crippen LogP contribution >= 0.6 is 0 Å². The molecule has 2 heterocycles. The molecule has 0 radical (unpaired) electrons. The number of hydrogen-bond donors (Lipinski definition) is 1. The lowest BCUT2D eigenvalue weighted by molar-refractivity contribution is 0.0923. The number of amides is 1. The molecule has 1 N–H and O–H groups in total. The molecule has 0 aliphatic heterocycles. The van der Waals surface area contributed by atoms with Gasteiger partial charge in [0.2, 0.25) is 5.78 Å². The van der Waals surface area contributed by atoms with E-state index in [9.17, 15) is 19.2 Å². The van der Waals surface area contributed by atoms with E-state index in [0.717, 1.165) is 15.8 Å². The zero-order chi connectivity index (χ0) is 26.5. The van der Waals surface area contributed by atoms with E-state index < -0.39 is 11.7 Å². The molecule has 4 rings (SSSR count). The van der Waals surface area contributed by atoms with Gasteiger partial charge in [-0.3, -0.25) is 19.0 Å². The summed E-state index contributed by atoms with van der Waals surface area (Å²) in [6.07, 6.45) is 0. The van der Waals surface area contributed by atoms with Crippen molar-refractivity contribution in [3.8, 4) is 0 Å². The van der Waals surface area contributed by atoms with Crippen molar-refractivity contribution in [3.63, 3.8) is 0 Å². The number of ketones is 1. The molecule has 1 atom stereocenters. The van der Waals surface area contributed by atoms with E-state index in [4.69, 9.17) is 0 Å². The second-order valence-electron chi connectivity index (χ2n) is 9.83. The monoisotopic (exact) mass is 489 g/mol. The molecule has 0 fully saturated rings. The highest BCUT2D eigenvalue weighted by Crippen LogP contribution is 2.20. The fourth-order valence-corrected chi connectivity index (χ4v) is 4.31. The molecule has 0 aliphatic rings. The number of benzene rings is 2. The summed E-state index contributed by atoms with van der Waals surface area (Å²) < 4.78 is 3.86. The molecule has 2 aromatic carbocycles. The van der Waals surface area contributed by atoms with Gasteiger partial charge in [-0.05, 0) is 83.9 Å². The molecule has 0 saturated heterocycles. The van der Waals surface area contributed by atoms with Crippen molar-refractivity contribution in [1.82, 2.24) is 24.1 Å². The first-order chi connectivity index (χ1) is 16.9. The van der Waals surface area contributed by atoms with Crippen LogP contribution in [0.1, 0.15) is 78.5 Å². The average molecular weight is 490 g/mol. The predicted octanol–water partition coefficient (Wildman–Crippen LogP) is 3.59. The van der Waals surface area contributed by atoms with E-state index >= 15 is 0 Å². The van der Waals surface area contributed by atoms with Gasteiger partial charge in [-0.2, -0.15) is 0 Å². The highest BCUT2D eigenvalue weighted by atomic mass is 16.2. The minimum Gasteiger partial charge on any atom is -0.350 e. The van der Waals surface area contributed by atoms with Crippen molar-refractivity contribution in [2.24, 2.45) is 0 Å². The second-order valence-corrected chi connectivity index (χ2v) is 9.83. The fraction of sp³-hybridized carbons (Fsp3) is 0.370. The molecule has 0 aliphatic carbocycles. The Labute approximate surface area is 208 Å². The lowest BCUT2D eigenvalue weighted by Gasteiger charge is -2.14. The molecular formula is C27H31N5O4. The van der Waals surface area contributed by atoms with E-state index in [2.05, 4.69) is 10.4 Å². The van der Waals surface area contributed by atoms with Gasteiger partial charge in [0.1, 0.15) is 6.04 Å². The molecule has 36 heavy (non-hydrogen) atoms. The molecule has 1 unspecified atom stereocenters. The van der Waals surface area contributed by atoms with Crippen LogP contribution in [0.4, 0.5) is 0 Å². The summed E-state index contributed by atoms with van der Waals surface area (Å²) in [7, 11) is 0. The molecule has 1 amide bonds. The van der Waals surface area contributed by atoms with E-state index in [1.54, 1.807) is 31.2 Å². The molecule has 2 aromatic heterocycles. The number of carbonyl (C=O) groups is 2. The lowest BCUT2D eigenvalue weighted by atomic mass is 10.0. The first-order valence-corrected chi connectivity index (χ1v) is 12.0. The topological polar surface area (TPSA) is 107 Å². The fourth-order valence-electron chi connectivity index (χ4n) is 4.31. The summed E-state index contributed by atoms with van der Waals surface area (Å²) in [5, 5.41) is 7.57. The minimum atomic E-state index is -0.905. The van der Waals surface area contributed by atoms with Crippen molar-refractivity contribution in [2.45, 2.75) is 66.6 Å². The summed E-state index contributed by atoms with van der Waals surface area (Å²) in [5.41, 5.74) is 2.22. The van der Waals surface area contributed by atoms with Gasteiger partial charge in [-0.25, -0.2) is 13.9 Å². The van der Waals surface area contributed by atoms with E-state index in [-0.39, 0.29) is 46.0 Å². The first-order valence-electron chi connectivity index (χ1n) is 12.0. The highest BCUT2D eigenvalue weighted by molar-refractivity contribution is 5.99. The zero-order valence-electron chi connectivity index (χ0n) is 21.6. The van der Waals surface area contributed by atoms with Crippen LogP contribution in [0.2, 0.25) is 0 Å². The normalized spacial score (nSPS) is 12.6. The number of carbonyl (C=O) groups excluding carboxylic acids is 2. The van der Waals surface area contributed by atoms with E-state index in [0.29, 0.717) is 11.1 Å². The van der Waals surface area contributed by atoms with Crippen LogP contribution in [0.25, 0.3) is 16.7 Å². The van der Waals surface area contributed by atoms with Crippen molar-refractivity contribution >= 4 is 28.4 Å². The van der Waals surface area contributed by atoms with Crippen molar-refractivity contribution in [3.05, 3.63) is 79.5 Å². The van der Waals surface area contributed by atoms with Crippen LogP contribution in [0, 0.1) is 13.8 Å². The number of aromatic nitrogens is 4. The van der Waals surface area contributed by atoms with Gasteiger partial charge in [0, 0.05) is 23.2 Å². The summed E-state index contributed by atoms with van der Waals surface area (Å²) in [4.78, 5) is 53.0. The Morgan fingerprint density at radius 1 is 0.889 bits per heavy atom. The lowest BCUT2D eigenvalue weighted by Crippen LogP contribution is -2.31. The standard InChI is InChI=1S/C27H31N5O4/c1-14(2)28-24(34)20-10-11-21-22(13-20)31-26(30(15(3)4)25(21)35)29-32(27(31)36)18(7)23(33)19-9-8-16(5)17(6)12-19/h8-15,18H,1-7H3,(H,28,34). The smallest absolute Gasteiger partial charge is 0.350 e. The maximum Gasteiger partial charge on any atom is 0.352 e. The zero-order valence-corrected chi connectivity index (χ0v) is 21.6. The molecule has 0 bridgehead atoms. The largest absolute Gasteiger partial charge is 0.352 e. The highest BCUT2D eigenvalue weighted by Gasteiger charge is 2.26. The van der Waals surface area contributed by atoms with Crippen LogP contribution in [-0.2, 0) is 0 Å². The Kier molecular flexibility index (Phi) is 6.43. The number of fused-ring (bicyclic) bond motifs is 3. The summed E-state index contributed by atoms with van der Waals surface area (Å²) in [6, 6.07) is 8.77. The molecule has 188 valence electrons. The number of hydrogen-bond acceptors (Lipinski definition) is 5. The summed E-state index contributed by atoms with van der Waals surface area (Å²) in [6.45, 7) is 12.9. The van der Waals surface area contributed by atoms with E-state index in [1.807, 2.05) is 47.6 Å². The van der Waals surface area contributed by atoms with Gasteiger partial charge < -0.3 is 5.32 Å². The molecule has 9 nitrogen and oxygen atoms in total. The van der Waals surface area contributed by atoms with Crippen LogP contribution in [0.5, 0.6) is 0 Å². The number of nitrogens with zero attached hydrogens (tertiary/aromatic N) is 4. The van der Waals surface area contributed by atoms with Crippen LogP contribution in [0.15, 0.2) is 46.0 Å².